The van der Waals surface area contributed by atoms with E-state index < -0.39 is 21.7 Å². The number of amides is 1. The van der Waals surface area contributed by atoms with Gasteiger partial charge in [-0.1, -0.05) is 0 Å². The predicted molar refractivity (Wildman–Crippen MR) is 120 cm³/mol. The molecule has 8 nitrogen and oxygen atoms in total. The lowest BCUT2D eigenvalue weighted by molar-refractivity contribution is -0.144. The van der Waals surface area contributed by atoms with Crippen molar-refractivity contribution in [1.29, 1.82) is 0 Å². The first-order chi connectivity index (χ1) is 14.9. The molecule has 0 bridgehead atoms. The van der Waals surface area contributed by atoms with E-state index in [-0.39, 0.29) is 25.5 Å². The lowest BCUT2D eigenvalue weighted by atomic mass is 10.1. The molecule has 0 atom stereocenters. The topological polar surface area (TPSA) is 96.0 Å². The lowest BCUT2D eigenvalue weighted by Gasteiger charge is -2.28. The molecule has 31 heavy (non-hydrogen) atoms. The first kappa shape index (κ1) is 23.4. The summed E-state index contributed by atoms with van der Waals surface area (Å²) in [6, 6.07) is 7.27. The molecule has 1 saturated carbocycles. The van der Waals surface area contributed by atoms with Crippen molar-refractivity contribution in [1.82, 2.24) is 4.90 Å². The Morgan fingerprint density at radius 3 is 2.42 bits per heavy atom. The molecule has 9 heteroatoms. The first-order valence-electron chi connectivity index (χ1n) is 11.1. The van der Waals surface area contributed by atoms with Crippen LogP contribution in [0.15, 0.2) is 24.3 Å². The normalized spacial score (nSPS) is 16.6. The van der Waals surface area contributed by atoms with E-state index in [0.29, 0.717) is 18.2 Å². The van der Waals surface area contributed by atoms with Gasteiger partial charge in [-0.05, 0) is 69.2 Å². The summed E-state index contributed by atoms with van der Waals surface area (Å²) in [5.74, 6) is -1.13. The molecule has 3 rings (SSSR count). The van der Waals surface area contributed by atoms with Crippen molar-refractivity contribution in [2.45, 2.75) is 45.4 Å². The maximum Gasteiger partial charge on any atom is 0.307 e. The van der Waals surface area contributed by atoms with Gasteiger partial charge in [0.25, 0.3) is 0 Å². The van der Waals surface area contributed by atoms with E-state index in [1.165, 1.54) is 24.2 Å². The number of carbonyl (C=O) groups is 2. The minimum Gasteiger partial charge on any atom is -0.466 e. The zero-order valence-corrected chi connectivity index (χ0v) is 19.0. The van der Waals surface area contributed by atoms with Crippen LogP contribution in [0.3, 0.4) is 0 Å². The van der Waals surface area contributed by atoms with Crippen LogP contribution in [-0.4, -0.2) is 63.7 Å². The molecule has 1 aliphatic carbocycles. The van der Waals surface area contributed by atoms with Crippen molar-refractivity contribution in [3.8, 4) is 0 Å². The summed E-state index contributed by atoms with van der Waals surface area (Å²) in [7, 11) is -3.85. The molecule has 172 valence electrons. The van der Waals surface area contributed by atoms with Crippen molar-refractivity contribution >= 4 is 33.3 Å². The smallest absolute Gasteiger partial charge is 0.307 e. The van der Waals surface area contributed by atoms with Crippen molar-refractivity contribution in [3.05, 3.63) is 24.3 Å². The molecule has 2 aliphatic rings. The van der Waals surface area contributed by atoms with Gasteiger partial charge in [0, 0.05) is 37.6 Å². The van der Waals surface area contributed by atoms with Crippen LogP contribution in [0.4, 0.5) is 11.4 Å². The second kappa shape index (κ2) is 10.8. The number of ether oxygens (including phenoxy) is 1. The zero-order valence-electron chi connectivity index (χ0n) is 18.2. The van der Waals surface area contributed by atoms with Gasteiger partial charge in [-0.3, -0.25) is 14.3 Å². The number of carbonyl (C=O) groups excluding carboxylic acids is 2. The number of benzene rings is 1. The number of esters is 1. The fourth-order valence-electron chi connectivity index (χ4n) is 3.75. The van der Waals surface area contributed by atoms with Crippen molar-refractivity contribution < 1.29 is 22.7 Å². The quantitative estimate of drug-likeness (QED) is 0.520. The molecule has 0 radical (unpaired) electrons. The minimum atomic E-state index is -3.85. The third-order valence-electron chi connectivity index (χ3n) is 5.59. The van der Waals surface area contributed by atoms with E-state index in [2.05, 4.69) is 9.62 Å². The highest BCUT2D eigenvalue weighted by Crippen LogP contribution is 2.30. The maximum absolute atomic E-state index is 12.7. The van der Waals surface area contributed by atoms with E-state index in [1.54, 1.807) is 19.1 Å². The van der Waals surface area contributed by atoms with Gasteiger partial charge in [-0.25, -0.2) is 8.42 Å². The third kappa shape index (κ3) is 7.72. The largest absolute Gasteiger partial charge is 0.466 e. The number of rotatable bonds is 11. The predicted octanol–water partition coefficient (Wildman–Crippen LogP) is 2.61. The maximum atomic E-state index is 12.7. The molecule has 1 amide bonds. The van der Waals surface area contributed by atoms with Gasteiger partial charge in [0.15, 0.2) is 0 Å². The molecular formula is C22H33N3O5S. The third-order valence-corrected chi connectivity index (χ3v) is 6.77. The molecule has 0 aromatic heterocycles. The molecule has 1 heterocycles. The van der Waals surface area contributed by atoms with E-state index in [4.69, 9.17) is 4.74 Å². The van der Waals surface area contributed by atoms with Gasteiger partial charge >= 0.3 is 5.97 Å². The molecule has 1 aliphatic heterocycles. The van der Waals surface area contributed by atoms with Crippen LogP contribution in [-0.2, 0) is 24.3 Å². The number of anilines is 2. The van der Waals surface area contributed by atoms with Crippen LogP contribution in [0.25, 0.3) is 0 Å². The number of nitrogens with zero attached hydrogens (tertiary/aromatic N) is 2. The average molecular weight is 452 g/mol. The molecular weight excluding hydrogens is 418 g/mol. The molecule has 1 aromatic rings. The van der Waals surface area contributed by atoms with Crippen LogP contribution in [0.5, 0.6) is 0 Å². The van der Waals surface area contributed by atoms with Gasteiger partial charge in [0.1, 0.15) is 5.75 Å². The monoisotopic (exact) mass is 451 g/mol. The van der Waals surface area contributed by atoms with Crippen molar-refractivity contribution in [2.75, 3.05) is 48.2 Å². The van der Waals surface area contributed by atoms with Gasteiger partial charge in [0.05, 0.1) is 13.0 Å². The van der Waals surface area contributed by atoms with Crippen LogP contribution in [0, 0.1) is 5.92 Å². The number of sulfonamides is 1. The highest BCUT2D eigenvalue weighted by atomic mass is 32.2. The Kier molecular flexibility index (Phi) is 8.17. The van der Waals surface area contributed by atoms with Crippen LogP contribution in [0.2, 0.25) is 0 Å². The molecule has 1 saturated heterocycles. The number of piperidine rings is 1. The lowest BCUT2D eigenvalue weighted by Crippen LogP contribution is -2.40. The van der Waals surface area contributed by atoms with Gasteiger partial charge in [-0.2, -0.15) is 0 Å². The highest BCUT2D eigenvalue weighted by Gasteiger charge is 2.29. The zero-order chi connectivity index (χ0) is 22.3. The molecule has 0 spiro atoms. The number of nitrogens with one attached hydrogen (secondary N) is 1. The Balaban J connectivity index is 1.55. The Hall–Kier alpha value is -2.29. The van der Waals surface area contributed by atoms with Crippen LogP contribution < -0.4 is 9.62 Å². The Labute approximate surface area is 185 Å². The van der Waals surface area contributed by atoms with Crippen molar-refractivity contribution in [3.63, 3.8) is 0 Å². The van der Waals surface area contributed by atoms with Crippen LogP contribution in [0.1, 0.15) is 45.4 Å². The van der Waals surface area contributed by atoms with E-state index in [1.807, 2.05) is 12.1 Å². The summed E-state index contributed by atoms with van der Waals surface area (Å²) in [6.45, 7) is 4.70. The Bertz CT molecular complexity index is 846. The summed E-state index contributed by atoms with van der Waals surface area (Å²) in [6.07, 6.45) is 5.71. The second-order valence-corrected chi connectivity index (χ2v) is 10.0. The molecule has 1 aromatic carbocycles. The van der Waals surface area contributed by atoms with E-state index >= 15 is 0 Å². The minimum absolute atomic E-state index is 0.0672. The van der Waals surface area contributed by atoms with Gasteiger partial charge < -0.3 is 14.5 Å². The fourth-order valence-corrected chi connectivity index (χ4v) is 4.83. The van der Waals surface area contributed by atoms with Gasteiger partial charge in [0.2, 0.25) is 15.9 Å². The first-order valence-corrected chi connectivity index (χ1v) is 12.8. The van der Waals surface area contributed by atoms with Gasteiger partial charge in [-0.15, -0.1) is 0 Å². The summed E-state index contributed by atoms with van der Waals surface area (Å²) >= 11 is 0. The fraction of sp³-hybridized carbons (Fsp3) is 0.636. The summed E-state index contributed by atoms with van der Waals surface area (Å²) in [4.78, 5) is 28.1. The van der Waals surface area contributed by atoms with Crippen molar-refractivity contribution in [2.24, 2.45) is 5.92 Å². The SMILES string of the molecule is CCOC(=O)CCN(CC1CC1)C(=O)CS(=O)(=O)Nc1ccc(N2CCCCC2)cc1. The molecule has 0 unspecified atom stereocenters. The molecule has 2 fully saturated rings. The highest BCUT2D eigenvalue weighted by molar-refractivity contribution is 7.93. The summed E-state index contributed by atoms with van der Waals surface area (Å²) in [5, 5.41) is 0. The number of hydrogen-bond donors (Lipinski definition) is 1. The average Bonchev–Trinajstić information content (AvgIpc) is 3.56. The standard InChI is InChI=1S/C22H33N3O5S/c1-2-30-22(27)12-15-25(16-18-6-7-18)21(26)17-31(28,29)23-19-8-10-20(11-9-19)24-13-4-3-5-14-24/h8-11,18,23H,2-7,12-17H2,1H3. The molecule has 1 N–H and O–H groups in total. The summed E-state index contributed by atoms with van der Waals surface area (Å²) < 4.78 is 32.6. The van der Waals surface area contributed by atoms with Crippen LogP contribution >= 0.6 is 0 Å². The second-order valence-electron chi connectivity index (χ2n) is 8.29. The number of hydrogen-bond acceptors (Lipinski definition) is 6. The Morgan fingerprint density at radius 2 is 1.81 bits per heavy atom. The van der Waals surface area contributed by atoms with E-state index in [9.17, 15) is 18.0 Å². The van der Waals surface area contributed by atoms with E-state index in [0.717, 1.165) is 31.6 Å². The summed E-state index contributed by atoms with van der Waals surface area (Å²) in [5.41, 5.74) is 1.52. The Morgan fingerprint density at radius 1 is 1.13 bits per heavy atom.